The van der Waals surface area contributed by atoms with Crippen LogP contribution in [0.2, 0.25) is 0 Å². The summed E-state index contributed by atoms with van der Waals surface area (Å²) < 4.78 is 0. The summed E-state index contributed by atoms with van der Waals surface area (Å²) in [4.78, 5) is 4.31. The van der Waals surface area contributed by atoms with Crippen molar-refractivity contribution < 1.29 is 0 Å². The first-order valence-corrected chi connectivity index (χ1v) is 36.8. The minimum Gasteiger partial charge on any atom is -0.237 e. The van der Waals surface area contributed by atoms with E-state index in [1.165, 1.54) is 88.6 Å². The van der Waals surface area contributed by atoms with Crippen LogP contribution < -0.4 is 32.8 Å². The van der Waals surface area contributed by atoms with Gasteiger partial charge in [-0.2, -0.15) is 15.8 Å². The molecule has 0 aliphatic heterocycles. The second kappa shape index (κ2) is 28.7. The molecule has 0 atom stereocenters. The first-order valence-electron chi connectivity index (χ1n) is 36.8. The zero-order chi connectivity index (χ0) is 71.5. The van der Waals surface area contributed by atoms with E-state index in [2.05, 4.69) is 274 Å². The highest BCUT2D eigenvalue weighted by Crippen LogP contribution is 2.47. The van der Waals surface area contributed by atoms with E-state index < -0.39 is 0 Å². The molecular weight excluding hydrogens is 1180 g/mol. The van der Waals surface area contributed by atoms with Gasteiger partial charge in [-0.25, -0.2) is 4.85 Å². The third kappa shape index (κ3) is 12.8. The second-order valence-electron chi connectivity index (χ2n) is 32.1. The fourth-order valence-electron chi connectivity index (χ4n) is 16.3. The van der Waals surface area contributed by atoms with Gasteiger partial charge in [0.1, 0.15) is 0 Å². The molecule has 0 heterocycles. The van der Waals surface area contributed by atoms with Gasteiger partial charge in [0.25, 0.3) is 0 Å². The minimum atomic E-state index is -0.340. The van der Waals surface area contributed by atoms with Crippen LogP contribution in [0.15, 0.2) is 121 Å². The van der Waals surface area contributed by atoms with Gasteiger partial charge < -0.3 is 0 Å². The summed E-state index contributed by atoms with van der Waals surface area (Å²) in [5, 5.41) is 40.7. The molecule has 498 valence electrons. The van der Waals surface area contributed by atoms with Gasteiger partial charge in [-0.1, -0.05) is 302 Å². The number of hydrogen-bond donors (Lipinski definition) is 0. The maximum absolute atomic E-state index is 11.5. The Bertz CT molecular complexity index is 4250. The summed E-state index contributed by atoms with van der Waals surface area (Å²) in [6, 6.07) is 53.4. The second-order valence-corrected chi connectivity index (χ2v) is 32.1. The molecule has 0 amide bonds. The van der Waals surface area contributed by atoms with Gasteiger partial charge >= 0.3 is 0 Å². The summed E-state index contributed by atoms with van der Waals surface area (Å²) in [7, 11) is 0. The summed E-state index contributed by atoms with van der Waals surface area (Å²) in [6.07, 6.45) is 0. The van der Waals surface area contributed by atoms with Gasteiger partial charge in [-0.3, -0.25) is 0 Å². The van der Waals surface area contributed by atoms with Gasteiger partial charge in [0.05, 0.1) is 35.9 Å². The molecule has 0 aliphatic rings. The normalized spacial score (nSPS) is 12.1. The monoisotopic (exact) mass is 1290 g/mol. The van der Waals surface area contributed by atoms with E-state index in [-0.39, 0.29) is 72.6 Å². The lowest BCUT2D eigenvalue weighted by Crippen LogP contribution is -2.58. The summed E-state index contributed by atoms with van der Waals surface area (Å²) in [5.41, 5.74) is 28.1. The Morgan fingerprint density at radius 2 is 0.531 bits per heavy atom. The highest BCUT2D eigenvalue weighted by Gasteiger charge is 2.40. The molecule has 0 aliphatic carbocycles. The van der Waals surface area contributed by atoms with E-state index in [1.807, 2.05) is 36.4 Å². The van der Waals surface area contributed by atoms with E-state index >= 15 is 0 Å². The standard InChI is InChI=1S/C92H104B2N4/c1-49(2)64-36-72(53(9)10)89(73(37-64)54(11)12)93(90-74(55(13)14)38-65(50(3)4)39-75(90)56(15)16)82-44-80(85-61(46-95)28-26-29-62(85)47-96)68-32-34-71-83(45-81(69-33-35-70(82)87(68)88(69)71)86-63(48-97)30-27-31-84(86)98-25)94(91-76(57(17)18)40-66(51(5)6)41-77(91)58(19)20)92-78(59(21)22)42-67(52(7)8)43-79(92)60(23)24/h26-45,49-60H,1-24H3. The van der Waals surface area contributed by atoms with Crippen molar-refractivity contribution in [3.8, 4) is 40.5 Å². The number of hydrogen-bond acceptors (Lipinski definition) is 3. The van der Waals surface area contributed by atoms with Crippen LogP contribution in [0.1, 0.15) is 321 Å². The van der Waals surface area contributed by atoms with Gasteiger partial charge in [0, 0.05) is 16.7 Å². The Morgan fingerprint density at radius 1 is 0.296 bits per heavy atom. The Kier molecular flexibility index (Phi) is 21.1. The Labute approximate surface area is 590 Å². The molecule has 0 bridgehead atoms. The van der Waals surface area contributed by atoms with E-state index in [0.29, 0.717) is 45.3 Å². The zero-order valence-electron chi connectivity index (χ0n) is 63.4. The van der Waals surface area contributed by atoms with Crippen LogP contribution in [0.25, 0.3) is 59.4 Å². The summed E-state index contributed by atoms with van der Waals surface area (Å²) in [6.45, 7) is 64.7. The number of nitriles is 3. The molecule has 4 nitrogen and oxygen atoms in total. The molecule has 0 fully saturated rings. The van der Waals surface area contributed by atoms with Crippen molar-refractivity contribution in [1.29, 1.82) is 15.8 Å². The van der Waals surface area contributed by atoms with Crippen LogP contribution >= 0.6 is 0 Å². The third-order valence-corrected chi connectivity index (χ3v) is 21.6. The lowest BCUT2D eigenvalue weighted by atomic mass is 9.32. The topological polar surface area (TPSA) is 75.7 Å². The van der Waals surface area contributed by atoms with Crippen LogP contribution in [0.5, 0.6) is 0 Å². The molecule has 98 heavy (non-hydrogen) atoms. The molecule has 0 aromatic heterocycles. The largest absolute Gasteiger partial charge is 0.243 e. The van der Waals surface area contributed by atoms with E-state index in [9.17, 15) is 15.8 Å². The molecule has 0 N–H and O–H groups in total. The molecule has 0 unspecified atom stereocenters. The van der Waals surface area contributed by atoms with Crippen molar-refractivity contribution >= 4 is 84.2 Å². The van der Waals surface area contributed by atoms with E-state index in [1.54, 1.807) is 0 Å². The summed E-state index contributed by atoms with van der Waals surface area (Å²) in [5.74, 6) is 2.34. The highest BCUT2D eigenvalue weighted by atomic mass is 14.6. The molecule has 0 spiro atoms. The van der Waals surface area contributed by atoms with Crippen LogP contribution in [0.3, 0.4) is 0 Å². The Morgan fingerprint density at radius 3 is 0.765 bits per heavy atom. The summed E-state index contributed by atoms with van der Waals surface area (Å²) >= 11 is 0. The number of rotatable bonds is 20. The van der Waals surface area contributed by atoms with Gasteiger partial charge in [0.2, 0.25) is 13.4 Å². The van der Waals surface area contributed by atoms with Crippen molar-refractivity contribution in [3.63, 3.8) is 0 Å². The van der Waals surface area contributed by atoms with Crippen molar-refractivity contribution in [2.75, 3.05) is 0 Å². The SMILES string of the molecule is [C-]#[N+]c1cccc(C#N)c1-c1cc(B(c2c(C(C)C)cc(C(C)C)cc2C(C)C)c2c(C(C)C)cc(C(C)C)cc2C(C)C)c2ccc3c(-c4c(C#N)cccc4C#N)cc(B(c4c(C(C)C)cc(C(C)C)cc4C(C)C)c4c(C(C)C)cc(C(C)C)cc4C(C)C)c4ccc1c2c43. The molecule has 0 saturated carbocycles. The van der Waals surface area contributed by atoms with Crippen LogP contribution in [0, 0.1) is 40.6 Å². The maximum atomic E-state index is 11.5. The minimum absolute atomic E-state index is 0.147. The highest BCUT2D eigenvalue weighted by molar-refractivity contribution is 6.99. The molecular formula is C92H104B2N4. The predicted octanol–water partition coefficient (Wildman–Crippen LogP) is 22.6. The van der Waals surface area contributed by atoms with Gasteiger partial charge in [-0.05, 0) is 199 Å². The van der Waals surface area contributed by atoms with Crippen LogP contribution in [-0.2, 0) is 0 Å². The number of benzene rings is 10. The predicted molar refractivity (Wildman–Crippen MR) is 426 cm³/mol. The van der Waals surface area contributed by atoms with Crippen LogP contribution in [-0.4, -0.2) is 13.4 Å². The number of nitrogens with zero attached hydrogens (tertiary/aromatic N) is 4. The molecule has 10 aromatic carbocycles. The van der Waals surface area contributed by atoms with Crippen molar-refractivity contribution in [2.24, 2.45) is 0 Å². The van der Waals surface area contributed by atoms with Gasteiger partial charge in [-0.15, -0.1) is 0 Å². The Balaban J connectivity index is 1.62. The van der Waals surface area contributed by atoms with Crippen molar-refractivity contribution in [2.45, 2.75) is 237 Å². The lowest BCUT2D eigenvalue weighted by molar-refractivity contribution is 0.809. The van der Waals surface area contributed by atoms with E-state index in [0.717, 1.165) is 54.4 Å². The van der Waals surface area contributed by atoms with Gasteiger partial charge in [0.15, 0.2) is 5.69 Å². The van der Waals surface area contributed by atoms with Crippen LogP contribution in [0.4, 0.5) is 5.69 Å². The average molecular weight is 1290 g/mol. The molecule has 10 aromatic rings. The van der Waals surface area contributed by atoms with E-state index in [4.69, 9.17) is 6.57 Å². The maximum Gasteiger partial charge on any atom is 0.243 e. The first-order chi connectivity index (χ1) is 46.4. The lowest BCUT2D eigenvalue weighted by Gasteiger charge is -2.34. The molecule has 10 rings (SSSR count). The third-order valence-electron chi connectivity index (χ3n) is 21.6. The fraction of sp³-hybridized carbons (Fsp3) is 0.391. The average Bonchev–Trinajstić information content (AvgIpc) is 0.697. The van der Waals surface area contributed by atoms with Crippen molar-refractivity contribution in [3.05, 3.63) is 216 Å². The fourth-order valence-corrected chi connectivity index (χ4v) is 16.3. The quantitative estimate of drug-likeness (QED) is 0.0433. The smallest absolute Gasteiger partial charge is 0.237 e. The molecule has 0 saturated heterocycles. The molecule has 6 heteroatoms. The first kappa shape index (κ1) is 72.1. The zero-order valence-corrected chi connectivity index (χ0v) is 63.4. The van der Waals surface area contributed by atoms with Crippen molar-refractivity contribution in [1.82, 2.24) is 0 Å². The molecule has 0 radical (unpaired) electrons. The Hall–Kier alpha value is -8.67.